The molecular formula is C17H16N2OS. The maximum Gasteiger partial charge on any atom is 0.257 e. The topological polar surface area (TPSA) is 42.0 Å². The van der Waals surface area contributed by atoms with Crippen LogP contribution in [0.1, 0.15) is 28.4 Å². The number of nitrogens with zero attached hydrogens (tertiary/aromatic N) is 1. The molecule has 0 radical (unpaired) electrons. The molecule has 21 heavy (non-hydrogen) atoms. The summed E-state index contributed by atoms with van der Waals surface area (Å²) in [5.74, 6) is -0.116. The summed E-state index contributed by atoms with van der Waals surface area (Å²) in [6.07, 6.45) is 0.971. The second-order valence-electron chi connectivity index (χ2n) is 4.95. The minimum Gasteiger partial charge on any atom is -0.298 e. The first-order valence-electron chi connectivity index (χ1n) is 6.94. The van der Waals surface area contributed by atoms with Gasteiger partial charge in [0.15, 0.2) is 5.13 Å². The van der Waals surface area contributed by atoms with E-state index in [1.807, 2.05) is 49.4 Å². The van der Waals surface area contributed by atoms with Gasteiger partial charge < -0.3 is 0 Å². The minimum atomic E-state index is -0.116. The van der Waals surface area contributed by atoms with Gasteiger partial charge in [-0.2, -0.15) is 0 Å². The molecule has 0 spiro atoms. The summed E-state index contributed by atoms with van der Waals surface area (Å²) in [7, 11) is 0. The zero-order valence-electron chi connectivity index (χ0n) is 12.0. The van der Waals surface area contributed by atoms with Crippen LogP contribution in [0.5, 0.6) is 0 Å². The summed E-state index contributed by atoms with van der Waals surface area (Å²) in [6, 6.07) is 13.7. The number of fused-ring (bicyclic) bond motifs is 1. The Bertz CT molecular complexity index is 790. The Balaban J connectivity index is 1.83. The van der Waals surface area contributed by atoms with Crippen molar-refractivity contribution in [2.24, 2.45) is 0 Å². The van der Waals surface area contributed by atoms with E-state index in [4.69, 9.17) is 0 Å². The Labute approximate surface area is 127 Å². The molecule has 1 N–H and O–H groups in total. The largest absolute Gasteiger partial charge is 0.298 e. The van der Waals surface area contributed by atoms with E-state index < -0.39 is 0 Å². The first-order chi connectivity index (χ1) is 10.2. The van der Waals surface area contributed by atoms with Gasteiger partial charge in [0.1, 0.15) is 0 Å². The molecule has 3 nitrogen and oxygen atoms in total. The Morgan fingerprint density at radius 3 is 2.62 bits per heavy atom. The van der Waals surface area contributed by atoms with Crippen molar-refractivity contribution >= 4 is 32.6 Å². The Morgan fingerprint density at radius 1 is 1.19 bits per heavy atom. The molecule has 0 saturated carbocycles. The number of nitrogens with one attached hydrogen (secondary N) is 1. The van der Waals surface area contributed by atoms with Gasteiger partial charge in [-0.15, -0.1) is 0 Å². The number of aromatic nitrogens is 1. The van der Waals surface area contributed by atoms with Crippen LogP contribution in [0.2, 0.25) is 0 Å². The summed E-state index contributed by atoms with van der Waals surface area (Å²) in [6.45, 7) is 4.12. The fourth-order valence-electron chi connectivity index (χ4n) is 2.20. The van der Waals surface area contributed by atoms with Crippen LogP contribution in [0.3, 0.4) is 0 Å². The van der Waals surface area contributed by atoms with E-state index in [-0.39, 0.29) is 5.91 Å². The highest BCUT2D eigenvalue weighted by Crippen LogP contribution is 2.28. The number of benzene rings is 2. The number of thiazole rings is 1. The maximum atomic E-state index is 12.2. The van der Waals surface area contributed by atoms with Crippen molar-refractivity contribution in [3.8, 4) is 0 Å². The molecule has 0 aliphatic carbocycles. The molecule has 106 valence electrons. The lowest BCUT2D eigenvalue weighted by Gasteiger charge is -2.02. The molecule has 1 amide bonds. The first kappa shape index (κ1) is 13.8. The minimum absolute atomic E-state index is 0.116. The molecule has 0 aliphatic rings. The highest BCUT2D eigenvalue weighted by molar-refractivity contribution is 7.22. The molecule has 0 unspecified atom stereocenters. The van der Waals surface area contributed by atoms with E-state index >= 15 is 0 Å². The van der Waals surface area contributed by atoms with Crippen LogP contribution < -0.4 is 5.32 Å². The highest BCUT2D eigenvalue weighted by Gasteiger charge is 2.10. The molecule has 4 heteroatoms. The van der Waals surface area contributed by atoms with Gasteiger partial charge in [0.25, 0.3) is 5.91 Å². The third-order valence-corrected chi connectivity index (χ3v) is 4.40. The molecule has 0 atom stereocenters. The number of hydrogen-bond acceptors (Lipinski definition) is 3. The van der Waals surface area contributed by atoms with Gasteiger partial charge in [0, 0.05) is 5.56 Å². The Kier molecular flexibility index (Phi) is 3.71. The van der Waals surface area contributed by atoms with Crippen LogP contribution in [-0.4, -0.2) is 10.9 Å². The molecule has 0 aliphatic heterocycles. The Hall–Kier alpha value is -2.20. The number of hydrogen-bond donors (Lipinski definition) is 1. The fraction of sp³-hybridized carbons (Fsp3) is 0.176. The lowest BCUT2D eigenvalue weighted by atomic mass is 10.1. The van der Waals surface area contributed by atoms with Crippen LogP contribution in [0, 0.1) is 6.92 Å². The number of aryl methyl sites for hydroxylation is 2. The van der Waals surface area contributed by atoms with Gasteiger partial charge in [-0.3, -0.25) is 10.1 Å². The lowest BCUT2D eigenvalue weighted by molar-refractivity contribution is 0.102. The van der Waals surface area contributed by atoms with Crippen LogP contribution >= 0.6 is 11.3 Å². The molecule has 0 fully saturated rings. The summed E-state index contributed by atoms with van der Waals surface area (Å²) in [4.78, 5) is 16.7. The Morgan fingerprint density at radius 2 is 1.95 bits per heavy atom. The number of rotatable bonds is 3. The number of carbonyl (C=O) groups is 1. The molecule has 3 aromatic rings. The SMILES string of the molecule is CCc1ccc(C(=O)Nc2nc3c(C)cccc3s2)cc1. The van der Waals surface area contributed by atoms with Gasteiger partial charge in [-0.05, 0) is 42.7 Å². The van der Waals surface area contributed by atoms with E-state index in [1.54, 1.807) is 0 Å². The van der Waals surface area contributed by atoms with Crippen molar-refractivity contribution in [2.45, 2.75) is 20.3 Å². The van der Waals surface area contributed by atoms with Gasteiger partial charge >= 0.3 is 0 Å². The number of amides is 1. The van der Waals surface area contributed by atoms with Gasteiger partial charge in [-0.1, -0.05) is 42.5 Å². The van der Waals surface area contributed by atoms with Gasteiger partial charge in [0.2, 0.25) is 0 Å². The summed E-state index contributed by atoms with van der Waals surface area (Å²) in [5, 5.41) is 3.52. The molecule has 1 aromatic heterocycles. The predicted molar refractivity (Wildman–Crippen MR) is 88.1 cm³/mol. The van der Waals surface area contributed by atoms with Crippen LogP contribution in [0.15, 0.2) is 42.5 Å². The van der Waals surface area contributed by atoms with Crippen LogP contribution in [0.25, 0.3) is 10.2 Å². The van der Waals surface area contributed by atoms with Crippen molar-refractivity contribution in [2.75, 3.05) is 5.32 Å². The van der Waals surface area contributed by atoms with Crippen molar-refractivity contribution in [3.05, 3.63) is 59.2 Å². The van der Waals surface area contributed by atoms with E-state index in [9.17, 15) is 4.79 Å². The van der Waals surface area contributed by atoms with E-state index in [0.29, 0.717) is 10.7 Å². The molecule has 3 rings (SSSR count). The second-order valence-corrected chi connectivity index (χ2v) is 5.98. The highest BCUT2D eigenvalue weighted by atomic mass is 32.1. The average Bonchev–Trinajstić information content (AvgIpc) is 2.91. The zero-order chi connectivity index (χ0) is 14.8. The summed E-state index contributed by atoms with van der Waals surface area (Å²) < 4.78 is 1.09. The number of anilines is 1. The number of carbonyl (C=O) groups excluding carboxylic acids is 1. The van der Waals surface area contributed by atoms with E-state index in [0.717, 1.165) is 22.2 Å². The van der Waals surface area contributed by atoms with E-state index in [2.05, 4.69) is 17.2 Å². The normalized spacial score (nSPS) is 10.8. The molecular weight excluding hydrogens is 280 g/mol. The molecule has 0 saturated heterocycles. The van der Waals surface area contributed by atoms with Crippen LogP contribution in [-0.2, 0) is 6.42 Å². The van der Waals surface area contributed by atoms with Gasteiger partial charge in [0.05, 0.1) is 10.2 Å². The van der Waals surface area contributed by atoms with Crippen molar-refractivity contribution < 1.29 is 4.79 Å². The first-order valence-corrected chi connectivity index (χ1v) is 7.75. The number of para-hydroxylation sites is 1. The summed E-state index contributed by atoms with van der Waals surface area (Å²) >= 11 is 1.50. The zero-order valence-corrected chi connectivity index (χ0v) is 12.8. The third-order valence-electron chi connectivity index (χ3n) is 3.47. The van der Waals surface area contributed by atoms with Crippen molar-refractivity contribution in [1.82, 2.24) is 4.98 Å². The lowest BCUT2D eigenvalue weighted by Crippen LogP contribution is -2.11. The van der Waals surface area contributed by atoms with Crippen LogP contribution in [0.4, 0.5) is 5.13 Å². The molecule has 0 bridgehead atoms. The average molecular weight is 296 g/mol. The maximum absolute atomic E-state index is 12.2. The fourth-order valence-corrected chi connectivity index (χ4v) is 3.14. The van der Waals surface area contributed by atoms with Crippen molar-refractivity contribution in [1.29, 1.82) is 0 Å². The quantitative estimate of drug-likeness (QED) is 0.777. The van der Waals surface area contributed by atoms with Crippen molar-refractivity contribution in [3.63, 3.8) is 0 Å². The monoisotopic (exact) mass is 296 g/mol. The standard InChI is InChI=1S/C17H16N2OS/c1-3-12-7-9-13(10-8-12)16(20)19-17-18-15-11(2)5-4-6-14(15)21-17/h4-10H,3H2,1-2H3,(H,18,19,20). The third kappa shape index (κ3) is 2.81. The van der Waals surface area contributed by atoms with Gasteiger partial charge in [-0.25, -0.2) is 4.98 Å². The molecule has 2 aromatic carbocycles. The summed E-state index contributed by atoms with van der Waals surface area (Å²) in [5.41, 5.74) is 3.96. The second kappa shape index (κ2) is 5.66. The predicted octanol–water partition coefficient (Wildman–Crippen LogP) is 4.42. The van der Waals surface area contributed by atoms with E-state index in [1.165, 1.54) is 16.9 Å². The smallest absolute Gasteiger partial charge is 0.257 e. The molecule has 1 heterocycles.